The number of hydrogen-bond acceptors (Lipinski definition) is 13. The summed E-state index contributed by atoms with van der Waals surface area (Å²) in [6.45, 7) is 0.263. The summed E-state index contributed by atoms with van der Waals surface area (Å²) in [6, 6.07) is 19.1. The number of rotatable bonds is 13. The van der Waals surface area contributed by atoms with E-state index >= 15 is 4.39 Å². The number of benzene rings is 3. The number of aliphatic hydroxyl groups is 1. The molecule has 1 aliphatic rings. The molecular formula is C30H30ClFN6O10P2. The second kappa shape index (κ2) is 14.7. The number of imidazole rings is 1. The molecule has 0 radical (unpaired) electrons. The molecule has 6 unspecified atom stereocenters. The van der Waals surface area contributed by atoms with Gasteiger partial charge in [0.05, 0.1) is 12.9 Å². The van der Waals surface area contributed by atoms with Gasteiger partial charge in [0.2, 0.25) is 5.28 Å². The predicted octanol–water partition coefficient (Wildman–Crippen LogP) is 4.85. The second-order valence-corrected chi connectivity index (χ2v) is 14.7. The van der Waals surface area contributed by atoms with Crippen molar-refractivity contribution in [1.82, 2.24) is 24.6 Å². The van der Waals surface area contributed by atoms with Crippen LogP contribution in [0.25, 0.3) is 21.9 Å². The minimum Gasteiger partial charge on any atom is -0.460 e. The third-order valence-corrected chi connectivity index (χ3v) is 11.0. The maximum absolute atomic E-state index is 15.3. The molecule has 2 aromatic heterocycles. The van der Waals surface area contributed by atoms with Crippen LogP contribution in [0, 0.1) is 0 Å². The summed E-state index contributed by atoms with van der Waals surface area (Å²) in [6.07, 6.45) is -5.89. The molecule has 20 heteroatoms. The summed E-state index contributed by atoms with van der Waals surface area (Å²) in [5.41, 5.74) is 6.60. The van der Waals surface area contributed by atoms with Gasteiger partial charge in [0.15, 0.2) is 23.9 Å². The van der Waals surface area contributed by atoms with Crippen LogP contribution in [-0.4, -0.2) is 66.5 Å². The van der Waals surface area contributed by atoms with Crippen molar-refractivity contribution in [2.45, 2.75) is 44.2 Å². The van der Waals surface area contributed by atoms with Crippen LogP contribution in [-0.2, 0) is 38.8 Å². The fourth-order valence-corrected chi connectivity index (χ4v) is 8.26. The molecular weight excluding hydrogens is 721 g/mol. The van der Waals surface area contributed by atoms with Gasteiger partial charge >= 0.3 is 21.5 Å². The Morgan fingerprint density at radius 1 is 1.12 bits per heavy atom. The summed E-state index contributed by atoms with van der Waals surface area (Å²) in [4.78, 5) is 35.4. The lowest BCUT2D eigenvalue weighted by molar-refractivity contribution is -0.146. The fourth-order valence-electron chi connectivity index (χ4n) is 5.10. The van der Waals surface area contributed by atoms with Crippen LogP contribution >= 0.6 is 27.2 Å². The zero-order valence-electron chi connectivity index (χ0n) is 26.0. The van der Waals surface area contributed by atoms with E-state index in [1.54, 1.807) is 66.7 Å². The number of halogens is 2. The molecule has 5 N–H and O–H groups in total. The molecule has 50 heavy (non-hydrogen) atoms. The van der Waals surface area contributed by atoms with Crippen LogP contribution in [0.3, 0.4) is 0 Å². The Kier molecular flexibility index (Phi) is 10.5. The number of phosphoric ester groups is 1. The molecule has 0 bridgehead atoms. The van der Waals surface area contributed by atoms with E-state index in [-0.39, 0.29) is 34.6 Å². The van der Waals surface area contributed by atoms with E-state index in [1.807, 2.05) is 0 Å². The summed E-state index contributed by atoms with van der Waals surface area (Å²) >= 11 is 5.89. The van der Waals surface area contributed by atoms with Crippen molar-refractivity contribution in [3.8, 4) is 5.75 Å². The highest BCUT2D eigenvalue weighted by Crippen LogP contribution is 2.61. The van der Waals surface area contributed by atoms with Crippen LogP contribution in [0.5, 0.6) is 5.75 Å². The maximum atomic E-state index is 15.3. The number of fused-ring (bicyclic) bond motifs is 2. The zero-order chi connectivity index (χ0) is 35.6. The van der Waals surface area contributed by atoms with E-state index in [4.69, 9.17) is 40.2 Å². The zero-order valence-corrected chi connectivity index (χ0v) is 28.5. The molecule has 5 aromatic rings. The molecule has 0 spiro atoms. The molecule has 0 amide bonds. The van der Waals surface area contributed by atoms with Gasteiger partial charge in [-0.05, 0) is 35.5 Å². The Morgan fingerprint density at radius 2 is 1.84 bits per heavy atom. The number of hydrogen-bond donors (Lipinski definition) is 4. The highest BCUT2D eigenvalue weighted by molar-refractivity contribution is 7.63. The fraction of sp³-hybridized carbons (Fsp3) is 0.267. The van der Waals surface area contributed by atoms with Gasteiger partial charge in [0, 0.05) is 5.39 Å². The van der Waals surface area contributed by atoms with E-state index in [2.05, 4.69) is 20.0 Å². The number of alkyl halides is 1. The van der Waals surface area contributed by atoms with Gasteiger partial charge in [-0.1, -0.05) is 66.7 Å². The van der Waals surface area contributed by atoms with Gasteiger partial charge in [-0.2, -0.15) is 19.4 Å². The number of ether oxygens (including phenoxy) is 2. The largest absolute Gasteiger partial charge is 0.481 e. The minimum absolute atomic E-state index is 0.00842. The molecule has 6 rings (SSSR count). The Balaban J connectivity index is 1.18. The van der Waals surface area contributed by atoms with E-state index < -0.39 is 58.8 Å². The van der Waals surface area contributed by atoms with Crippen molar-refractivity contribution in [1.29, 1.82) is 0 Å². The maximum Gasteiger partial charge on any atom is 0.481 e. The van der Waals surface area contributed by atoms with Gasteiger partial charge in [0.1, 0.15) is 36.1 Å². The minimum atomic E-state index is -5.38. The van der Waals surface area contributed by atoms with Crippen molar-refractivity contribution in [2.75, 3.05) is 12.3 Å². The number of anilines is 1. The molecule has 1 fully saturated rings. The highest BCUT2D eigenvalue weighted by Gasteiger charge is 2.48. The number of phosphoric acid groups is 1. The van der Waals surface area contributed by atoms with Crippen molar-refractivity contribution in [2.24, 2.45) is 0 Å². The predicted molar refractivity (Wildman–Crippen MR) is 177 cm³/mol. The number of aliphatic hydroxyl groups excluding tert-OH is 1. The SMILES string of the molecule is C[C@H](NP(=O)(Oc1cccc2ccccc12)OP(=O)(O)OCC1OC(n2cnc3c(N)nc(Cl)nc32)C(F)C1O)C(=O)OCc1ccccc1. The Bertz CT molecular complexity index is 2110. The average Bonchev–Trinajstić information content (AvgIpc) is 3.62. The molecule has 16 nitrogen and oxygen atoms in total. The number of esters is 1. The number of nitrogen functional groups attached to an aromatic ring is 1. The molecule has 3 aromatic carbocycles. The molecule has 0 aliphatic carbocycles. The van der Waals surface area contributed by atoms with Crippen LogP contribution < -0.4 is 15.3 Å². The monoisotopic (exact) mass is 750 g/mol. The molecule has 3 heterocycles. The molecule has 7 atom stereocenters. The quantitative estimate of drug-likeness (QED) is 0.0718. The van der Waals surface area contributed by atoms with Gasteiger partial charge < -0.3 is 29.7 Å². The van der Waals surface area contributed by atoms with Gasteiger partial charge in [-0.3, -0.25) is 13.9 Å². The van der Waals surface area contributed by atoms with Crippen molar-refractivity contribution >= 4 is 60.9 Å². The van der Waals surface area contributed by atoms with Crippen molar-refractivity contribution in [3.05, 3.63) is 90.0 Å². The van der Waals surface area contributed by atoms with Gasteiger partial charge in [-0.15, -0.1) is 0 Å². The second-order valence-electron chi connectivity index (χ2n) is 11.1. The first-order chi connectivity index (χ1) is 23.8. The van der Waals surface area contributed by atoms with Crippen LogP contribution in [0.2, 0.25) is 5.28 Å². The third-order valence-electron chi connectivity index (χ3n) is 7.50. The van der Waals surface area contributed by atoms with Crippen molar-refractivity contribution < 1.29 is 51.1 Å². The topological polar surface area (TPSA) is 219 Å². The number of carbonyl (C=O) groups excluding carboxylic acids is 1. The smallest absolute Gasteiger partial charge is 0.460 e. The van der Waals surface area contributed by atoms with Crippen LogP contribution in [0.4, 0.5) is 10.2 Å². The van der Waals surface area contributed by atoms with Gasteiger partial charge in [-0.25, -0.2) is 18.5 Å². The number of aromatic nitrogens is 4. The van der Waals surface area contributed by atoms with E-state index in [0.717, 1.165) is 10.9 Å². The lowest BCUT2D eigenvalue weighted by atomic mass is 10.1. The Hall–Kier alpha value is -4.02. The Labute approximate surface area is 288 Å². The summed E-state index contributed by atoms with van der Waals surface area (Å²) in [7, 11) is -10.3. The van der Waals surface area contributed by atoms with E-state index in [0.29, 0.717) is 16.3 Å². The standard InChI is InChI=1S/C30H30ClFN6O10P2/c1-17(29(40)44-14-18-8-3-2-4-9-18)37-49(41,47-21-13-7-11-19-10-5-6-12-20(19)21)48-50(42,43)45-15-22-25(39)23(32)28(46-22)38-16-34-24-26(33)35-30(31)36-27(24)38/h2-13,16-17,22-23,25,28,39H,14-15H2,1H3,(H,37,41)(H,42,43)(H2,33,35,36)/t17-,22?,23?,25?,28?,49?/m0/s1. The highest BCUT2D eigenvalue weighted by atomic mass is 35.5. The first-order valence-electron chi connectivity index (χ1n) is 14.9. The Morgan fingerprint density at radius 3 is 2.62 bits per heavy atom. The lowest BCUT2D eigenvalue weighted by Gasteiger charge is -2.25. The third kappa shape index (κ3) is 7.97. The number of nitrogens with one attached hydrogen (secondary N) is 1. The summed E-state index contributed by atoms with van der Waals surface area (Å²) in [5, 5.41) is 13.8. The van der Waals surface area contributed by atoms with Crippen LogP contribution in [0.15, 0.2) is 79.1 Å². The first-order valence-corrected chi connectivity index (χ1v) is 18.3. The normalized spacial score (nSPS) is 22.2. The molecule has 264 valence electrons. The van der Waals surface area contributed by atoms with Crippen LogP contribution in [0.1, 0.15) is 18.7 Å². The van der Waals surface area contributed by atoms with Crippen molar-refractivity contribution in [3.63, 3.8) is 0 Å². The molecule has 0 saturated carbocycles. The average molecular weight is 751 g/mol. The number of nitrogens with two attached hydrogens (primary N) is 1. The summed E-state index contributed by atoms with van der Waals surface area (Å²) in [5.74, 6) is -0.970. The number of carbonyl (C=O) groups is 1. The molecule has 1 aliphatic heterocycles. The van der Waals surface area contributed by atoms with E-state index in [1.165, 1.54) is 13.0 Å². The van der Waals surface area contributed by atoms with E-state index in [9.17, 15) is 23.9 Å². The van der Waals surface area contributed by atoms with Gasteiger partial charge in [0.25, 0.3) is 0 Å². The number of nitrogens with zero attached hydrogens (tertiary/aromatic N) is 4. The molecule has 1 saturated heterocycles. The lowest BCUT2D eigenvalue weighted by Crippen LogP contribution is -2.35. The summed E-state index contributed by atoms with van der Waals surface area (Å²) < 4.78 is 70.6. The first kappa shape index (κ1) is 35.8.